The van der Waals surface area contributed by atoms with Gasteiger partial charge in [-0.3, -0.25) is 4.79 Å². The number of anilines is 1. The zero-order valence-electron chi connectivity index (χ0n) is 18.5. The van der Waals surface area contributed by atoms with Gasteiger partial charge in [-0.05, 0) is 64.9 Å². The van der Waals surface area contributed by atoms with E-state index < -0.39 is 0 Å². The van der Waals surface area contributed by atoms with Crippen LogP contribution in [0, 0.1) is 0 Å². The molecule has 2 atom stereocenters. The first-order chi connectivity index (χ1) is 16.6. The Morgan fingerprint density at radius 2 is 1.82 bits per heavy atom. The number of aromatic nitrogens is 2. The Hall–Kier alpha value is -3.08. The van der Waals surface area contributed by atoms with Gasteiger partial charge >= 0.3 is 0 Å². The largest absolute Gasteiger partial charge is 0.326 e. The standard InChI is InChI=1S/C28H23Cl2N3O/c29-22-8-6-18(7-9-22)27(32-12-10-31-17-32)21-13-20-4-2-11-33-26(34)16-24(25(15-21)28(20)33)19-3-1-5-23(30)14-19/h1,3,5-10,12-15,17,24,27H,2,4,11,16H2. The summed E-state index contributed by atoms with van der Waals surface area (Å²) in [7, 11) is 0. The van der Waals surface area contributed by atoms with Gasteiger partial charge in [0.1, 0.15) is 0 Å². The van der Waals surface area contributed by atoms with Gasteiger partial charge in [0.05, 0.1) is 18.1 Å². The molecule has 0 radical (unpaired) electrons. The van der Waals surface area contributed by atoms with Crippen LogP contribution in [-0.2, 0) is 11.2 Å². The lowest BCUT2D eigenvalue weighted by Crippen LogP contribution is -2.41. The first-order valence-corrected chi connectivity index (χ1v) is 12.3. The van der Waals surface area contributed by atoms with Crippen LogP contribution in [0.25, 0.3) is 0 Å². The molecular weight excluding hydrogens is 465 g/mol. The molecule has 3 aromatic carbocycles. The highest BCUT2D eigenvalue weighted by Gasteiger charge is 2.36. The van der Waals surface area contributed by atoms with Crippen LogP contribution < -0.4 is 4.90 Å². The van der Waals surface area contributed by atoms with Crippen molar-refractivity contribution in [2.45, 2.75) is 31.2 Å². The minimum absolute atomic E-state index is 0.0251. The molecule has 0 aliphatic carbocycles. The summed E-state index contributed by atoms with van der Waals surface area (Å²) in [5, 5.41) is 1.40. The minimum Gasteiger partial charge on any atom is -0.326 e. The van der Waals surface area contributed by atoms with E-state index >= 15 is 0 Å². The third kappa shape index (κ3) is 3.71. The average Bonchev–Trinajstić information content (AvgIpc) is 3.37. The molecule has 1 amide bonds. The molecule has 0 N–H and O–H groups in total. The number of hydrogen-bond acceptors (Lipinski definition) is 2. The number of amides is 1. The fourth-order valence-corrected chi connectivity index (χ4v) is 5.82. The van der Waals surface area contributed by atoms with Crippen LogP contribution in [0.1, 0.15) is 52.6 Å². The first kappa shape index (κ1) is 21.5. The second-order valence-electron chi connectivity index (χ2n) is 9.04. The number of imidazole rings is 1. The Kier molecular flexibility index (Phi) is 5.43. The van der Waals surface area contributed by atoms with Gasteiger partial charge in [0, 0.05) is 41.3 Å². The number of nitrogens with zero attached hydrogens (tertiary/aromatic N) is 3. The van der Waals surface area contributed by atoms with Crippen molar-refractivity contribution in [2.75, 3.05) is 11.4 Å². The van der Waals surface area contributed by atoms with Crippen molar-refractivity contribution < 1.29 is 4.79 Å². The third-order valence-electron chi connectivity index (χ3n) is 6.97. The van der Waals surface area contributed by atoms with E-state index in [-0.39, 0.29) is 17.9 Å². The number of halogens is 2. The maximum atomic E-state index is 13.2. The molecule has 3 heterocycles. The summed E-state index contributed by atoms with van der Waals surface area (Å²) in [6, 6.07) is 20.4. The fraction of sp³-hybridized carbons (Fsp3) is 0.214. The number of carbonyl (C=O) groups is 1. The van der Waals surface area contributed by atoms with Crippen molar-refractivity contribution in [1.29, 1.82) is 0 Å². The maximum Gasteiger partial charge on any atom is 0.227 e. The Labute approximate surface area is 208 Å². The van der Waals surface area contributed by atoms with Gasteiger partial charge in [-0.25, -0.2) is 4.98 Å². The van der Waals surface area contributed by atoms with Gasteiger partial charge in [0.25, 0.3) is 0 Å². The van der Waals surface area contributed by atoms with Crippen LogP contribution in [0.5, 0.6) is 0 Å². The van der Waals surface area contributed by atoms with Crippen molar-refractivity contribution in [2.24, 2.45) is 0 Å². The van der Waals surface area contributed by atoms with E-state index in [4.69, 9.17) is 23.2 Å². The minimum atomic E-state index is -0.0469. The zero-order chi connectivity index (χ0) is 23.2. The van der Waals surface area contributed by atoms with Crippen LogP contribution in [-0.4, -0.2) is 22.0 Å². The van der Waals surface area contributed by atoms with Crippen molar-refractivity contribution in [3.05, 3.63) is 117 Å². The van der Waals surface area contributed by atoms with Crippen LogP contribution in [0.15, 0.2) is 79.4 Å². The van der Waals surface area contributed by atoms with Gasteiger partial charge in [-0.2, -0.15) is 0 Å². The van der Waals surface area contributed by atoms with Gasteiger partial charge in [-0.15, -0.1) is 0 Å². The Balaban J connectivity index is 1.57. The van der Waals surface area contributed by atoms with Crippen molar-refractivity contribution in [3.63, 3.8) is 0 Å². The molecule has 0 saturated heterocycles. The van der Waals surface area contributed by atoms with Crippen molar-refractivity contribution in [3.8, 4) is 0 Å². The Bertz CT molecular complexity index is 1370. The van der Waals surface area contributed by atoms with Crippen molar-refractivity contribution in [1.82, 2.24) is 9.55 Å². The lowest BCUT2D eigenvalue weighted by Gasteiger charge is -2.39. The molecule has 2 unspecified atom stereocenters. The second kappa shape index (κ2) is 8.61. The molecule has 0 spiro atoms. The summed E-state index contributed by atoms with van der Waals surface area (Å²) in [4.78, 5) is 19.5. The van der Waals surface area contributed by atoms with Crippen LogP contribution >= 0.6 is 23.2 Å². The quantitative estimate of drug-likeness (QED) is 0.323. The van der Waals surface area contributed by atoms with E-state index in [1.165, 1.54) is 16.7 Å². The molecule has 6 rings (SSSR count). The molecular formula is C28H23Cl2N3O. The van der Waals surface area contributed by atoms with Crippen LogP contribution in [0.3, 0.4) is 0 Å². The number of aryl methyl sites for hydroxylation is 1. The molecule has 2 aliphatic heterocycles. The molecule has 6 heteroatoms. The summed E-state index contributed by atoms with van der Waals surface area (Å²) in [5.74, 6) is 0.165. The van der Waals surface area contributed by atoms with E-state index in [0.29, 0.717) is 16.5 Å². The van der Waals surface area contributed by atoms with Gasteiger partial charge < -0.3 is 9.47 Å². The molecule has 170 valence electrons. The average molecular weight is 488 g/mol. The first-order valence-electron chi connectivity index (χ1n) is 11.5. The Morgan fingerprint density at radius 3 is 2.59 bits per heavy atom. The van der Waals surface area contributed by atoms with E-state index in [0.717, 1.165) is 36.2 Å². The number of hydrogen-bond donors (Lipinski definition) is 0. The highest BCUT2D eigenvalue weighted by atomic mass is 35.5. The molecule has 34 heavy (non-hydrogen) atoms. The summed E-state index contributed by atoms with van der Waals surface area (Å²) in [6.07, 6.45) is 8.04. The number of benzene rings is 3. The monoisotopic (exact) mass is 487 g/mol. The smallest absolute Gasteiger partial charge is 0.227 e. The summed E-state index contributed by atoms with van der Waals surface area (Å²) < 4.78 is 2.13. The lowest BCUT2D eigenvalue weighted by molar-refractivity contribution is -0.119. The summed E-state index contributed by atoms with van der Waals surface area (Å²) >= 11 is 12.6. The van der Waals surface area contributed by atoms with Gasteiger partial charge in [0.15, 0.2) is 0 Å². The normalized spacial score (nSPS) is 18.0. The molecule has 4 aromatic rings. The number of rotatable bonds is 4. The van der Waals surface area contributed by atoms with Crippen molar-refractivity contribution >= 4 is 34.8 Å². The maximum absolute atomic E-state index is 13.2. The van der Waals surface area contributed by atoms with E-state index in [2.05, 4.69) is 39.9 Å². The zero-order valence-corrected chi connectivity index (χ0v) is 20.0. The van der Waals surface area contributed by atoms with Crippen LogP contribution in [0.4, 0.5) is 5.69 Å². The highest BCUT2D eigenvalue weighted by molar-refractivity contribution is 6.30. The molecule has 4 nitrogen and oxygen atoms in total. The topological polar surface area (TPSA) is 38.1 Å². The van der Waals surface area contributed by atoms with Gasteiger partial charge in [0.2, 0.25) is 5.91 Å². The Morgan fingerprint density at radius 1 is 0.971 bits per heavy atom. The van der Waals surface area contributed by atoms with E-state index in [1.54, 1.807) is 6.20 Å². The number of carbonyl (C=O) groups excluding carboxylic acids is 1. The van der Waals surface area contributed by atoms with E-state index in [1.807, 2.05) is 47.8 Å². The predicted octanol–water partition coefficient (Wildman–Crippen LogP) is 6.64. The fourth-order valence-electron chi connectivity index (χ4n) is 5.50. The molecule has 0 bridgehead atoms. The molecule has 0 fully saturated rings. The summed E-state index contributed by atoms with van der Waals surface area (Å²) in [6.45, 7) is 0.780. The summed E-state index contributed by atoms with van der Waals surface area (Å²) in [5.41, 5.74) is 6.92. The van der Waals surface area contributed by atoms with E-state index in [9.17, 15) is 4.79 Å². The lowest BCUT2D eigenvalue weighted by atomic mass is 9.79. The highest BCUT2D eigenvalue weighted by Crippen LogP contribution is 2.46. The second-order valence-corrected chi connectivity index (χ2v) is 9.92. The van der Waals surface area contributed by atoms with Gasteiger partial charge in [-0.1, -0.05) is 59.6 Å². The molecule has 1 aromatic heterocycles. The molecule has 0 saturated carbocycles. The predicted molar refractivity (Wildman–Crippen MR) is 136 cm³/mol. The third-order valence-corrected chi connectivity index (χ3v) is 7.46. The SMILES string of the molecule is O=C1CC(c2cccc(Cl)c2)c2cc(C(c3ccc(Cl)cc3)n3ccnc3)cc3c2N1CCC3. The molecule has 2 aliphatic rings. The van der Waals surface area contributed by atoms with Crippen LogP contribution in [0.2, 0.25) is 10.0 Å².